The summed E-state index contributed by atoms with van der Waals surface area (Å²) in [6.45, 7) is 5.69. The number of carbonyl (C=O) groups excluding carboxylic acids is 1. The number of hydrogen-bond donors (Lipinski definition) is 3. The van der Waals surface area contributed by atoms with Crippen molar-refractivity contribution in [1.82, 2.24) is 15.0 Å². The Hall–Kier alpha value is -2.71. The van der Waals surface area contributed by atoms with E-state index in [0.717, 1.165) is 29.9 Å². The number of hydrogen-bond acceptors (Lipinski definition) is 5. The van der Waals surface area contributed by atoms with Gasteiger partial charge in [0.05, 0.1) is 28.8 Å². The first kappa shape index (κ1) is 17.7. The maximum Gasteiger partial charge on any atom is 0.257 e. The van der Waals surface area contributed by atoms with Gasteiger partial charge in [0.1, 0.15) is 5.82 Å². The van der Waals surface area contributed by atoms with Gasteiger partial charge in [-0.25, -0.2) is 4.98 Å². The van der Waals surface area contributed by atoms with Crippen molar-refractivity contribution in [1.29, 1.82) is 0 Å². The van der Waals surface area contributed by atoms with Crippen molar-refractivity contribution in [2.75, 3.05) is 23.3 Å². The quantitative estimate of drug-likeness (QED) is 0.603. The molecule has 2 unspecified atom stereocenters. The van der Waals surface area contributed by atoms with E-state index in [0.29, 0.717) is 16.0 Å². The van der Waals surface area contributed by atoms with E-state index in [1.807, 2.05) is 24.3 Å². The van der Waals surface area contributed by atoms with Gasteiger partial charge in [-0.2, -0.15) is 0 Å². The van der Waals surface area contributed by atoms with Crippen molar-refractivity contribution >= 4 is 40.7 Å². The lowest BCUT2D eigenvalue weighted by molar-refractivity contribution is -0.00546. The predicted octanol–water partition coefficient (Wildman–Crippen LogP) is 3.49. The molecule has 8 heteroatoms. The molecule has 4 rings (SSSR count). The van der Waals surface area contributed by atoms with Gasteiger partial charge in [-0.1, -0.05) is 0 Å². The van der Waals surface area contributed by atoms with Crippen LogP contribution >= 0.6 is 12.2 Å². The Morgan fingerprint density at radius 1 is 1.19 bits per heavy atom. The molecule has 140 valence electrons. The summed E-state index contributed by atoms with van der Waals surface area (Å²) in [4.78, 5) is 25.3. The average Bonchev–Trinajstić information content (AvgIpc) is 3.00. The lowest BCUT2D eigenvalue weighted by Gasteiger charge is -2.36. The van der Waals surface area contributed by atoms with Gasteiger partial charge in [-0.3, -0.25) is 4.79 Å². The number of aromatic nitrogens is 3. The van der Waals surface area contributed by atoms with Gasteiger partial charge in [-0.05, 0) is 56.4 Å². The van der Waals surface area contributed by atoms with Crippen LogP contribution in [-0.4, -0.2) is 46.2 Å². The van der Waals surface area contributed by atoms with Gasteiger partial charge in [0.15, 0.2) is 4.77 Å². The second-order valence-corrected chi connectivity index (χ2v) is 7.27. The van der Waals surface area contributed by atoms with Crippen LogP contribution < -0.4 is 10.2 Å². The van der Waals surface area contributed by atoms with E-state index in [1.54, 1.807) is 12.3 Å². The minimum absolute atomic E-state index is 0.161. The van der Waals surface area contributed by atoms with E-state index < -0.39 is 0 Å². The topological polar surface area (TPSA) is 86.0 Å². The highest BCUT2D eigenvalue weighted by molar-refractivity contribution is 7.71. The first-order chi connectivity index (χ1) is 13.0. The first-order valence-electron chi connectivity index (χ1n) is 8.88. The molecule has 2 aromatic heterocycles. The third-order valence-electron chi connectivity index (χ3n) is 4.53. The Balaban J connectivity index is 1.47. The van der Waals surface area contributed by atoms with Crippen molar-refractivity contribution in [3.05, 3.63) is 46.9 Å². The van der Waals surface area contributed by atoms with E-state index in [4.69, 9.17) is 17.0 Å². The zero-order chi connectivity index (χ0) is 19.0. The smallest absolute Gasteiger partial charge is 0.257 e. The van der Waals surface area contributed by atoms with Crippen molar-refractivity contribution in [2.45, 2.75) is 26.1 Å². The SMILES string of the molecule is CC1CN(c2ccc(C(=O)Nc3ccc4[nH]c(=S)[nH]c4c3)cn2)CC(C)O1. The lowest BCUT2D eigenvalue weighted by atomic mass is 10.2. The highest BCUT2D eigenvalue weighted by Gasteiger charge is 2.23. The van der Waals surface area contributed by atoms with Crippen LogP contribution in [0.15, 0.2) is 36.5 Å². The molecule has 1 fully saturated rings. The third kappa shape index (κ3) is 3.86. The number of pyridine rings is 1. The van der Waals surface area contributed by atoms with E-state index >= 15 is 0 Å². The van der Waals surface area contributed by atoms with Crippen molar-refractivity contribution in [3.8, 4) is 0 Å². The molecule has 1 aliphatic rings. The monoisotopic (exact) mass is 383 g/mol. The van der Waals surface area contributed by atoms with Gasteiger partial charge in [-0.15, -0.1) is 0 Å². The molecule has 2 atom stereocenters. The average molecular weight is 383 g/mol. The van der Waals surface area contributed by atoms with Gasteiger partial charge in [0, 0.05) is 25.0 Å². The zero-order valence-electron chi connectivity index (χ0n) is 15.2. The van der Waals surface area contributed by atoms with Crippen LogP contribution in [0.3, 0.4) is 0 Å². The fraction of sp³-hybridized carbons (Fsp3) is 0.316. The van der Waals surface area contributed by atoms with Gasteiger partial charge >= 0.3 is 0 Å². The van der Waals surface area contributed by atoms with Gasteiger partial charge in [0.25, 0.3) is 5.91 Å². The van der Waals surface area contributed by atoms with Gasteiger partial charge < -0.3 is 24.9 Å². The first-order valence-corrected chi connectivity index (χ1v) is 9.28. The third-order valence-corrected chi connectivity index (χ3v) is 4.73. The number of amides is 1. The van der Waals surface area contributed by atoms with Crippen molar-refractivity contribution in [3.63, 3.8) is 0 Å². The molecule has 1 aromatic carbocycles. The van der Waals surface area contributed by atoms with Gasteiger partial charge in [0.2, 0.25) is 0 Å². The number of nitrogens with zero attached hydrogens (tertiary/aromatic N) is 2. The number of nitrogens with one attached hydrogen (secondary N) is 3. The molecular formula is C19H21N5O2S. The summed E-state index contributed by atoms with van der Waals surface area (Å²) < 4.78 is 6.31. The second-order valence-electron chi connectivity index (χ2n) is 6.86. The summed E-state index contributed by atoms with van der Waals surface area (Å²) in [5, 5.41) is 2.89. The number of anilines is 2. The van der Waals surface area contributed by atoms with Crippen LogP contribution in [0.5, 0.6) is 0 Å². The maximum atomic E-state index is 12.5. The molecule has 27 heavy (non-hydrogen) atoms. The molecule has 0 bridgehead atoms. The molecule has 3 aromatic rings. The summed E-state index contributed by atoms with van der Waals surface area (Å²) in [5.74, 6) is 0.654. The van der Waals surface area contributed by atoms with Crippen LogP contribution in [0.1, 0.15) is 24.2 Å². The largest absolute Gasteiger partial charge is 0.372 e. The minimum atomic E-state index is -0.203. The summed E-state index contributed by atoms with van der Waals surface area (Å²) in [6.07, 6.45) is 1.93. The molecule has 0 radical (unpaired) electrons. The Kier molecular flexibility index (Phi) is 4.67. The number of aromatic amines is 2. The molecule has 7 nitrogen and oxygen atoms in total. The lowest BCUT2D eigenvalue weighted by Crippen LogP contribution is -2.45. The standard InChI is InChI=1S/C19H21N5O2S/c1-11-9-24(10-12(2)26-11)17-6-3-13(8-20-17)18(25)21-14-4-5-15-16(7-14)23-19(27)22-15/h3-8,11-12H,9-10H2,1-2H3,(H,21,25)(H2,22,23,27). The molecule has 0 spiro atoms. The normalized spacial score (nSPS) is 20.0. The zero-order valence-corrected chi connectivity index (χ0v) is 16.0. The fourth-order valence-corrected chi connectivity index (χ4v) is 3.61. The van der Waals surface area contributed by atoms with Crippen molar-refractivity contribution in [2.24, 2.45) is 0 Å². The van der Waals surface area contributed by atoms with Crippen LogP contribution in [0.4, 0.5) is 11.5 Å². The fourth-order valence-electron chi connectivity index (χ4n) is 3.39. The Labute approximate surface area is 161 Å². The van der Waals surface area contributed by atoms with E-state index in [-0.39, 0.29) is 18.1 Å². The number of H-pyrrole nitrogens is 2. The molecule has 3 heterocycles. The van der Waals surface area contributed by atoms with Crippen LogP contribution in [0.2, 0.25) is 0 Å². The highest BCUT2D eigenvalue weighted by atomic mass is 32.1. The predicted molar refractivity (Wildman–Crippen MR) is 108 cm³/mol. The molecule has 1 saturated heterocycles. The van der Waals surface area contributed by atoms with E-state index in [9.17, 15) is 4.79 Å². The van der Waals surface area contributed by atoms with Crippen LogP contribution in [0, 0.1) is 4.77 Å². The summed E-state index contributed by atoms with van der Waals surface area (Å²) in [7, 11) is 0. The van der Waals surface area contributed by atoms with E-state index in [2.05, 4.69) is 39.0 Å². The number of benzene rings is 1. The highest BCUT2D eigenvalue weighted by Crippen LogP contribution is 2.20. The number of imidazole rings is 1. The number of rotatable bonds is 3. The molecule has 1 aliphatic heterocycles. The molecule has 0 saturated carbocycles. The van der Waals surface area contributed by atoms with Crippen molar-refractivity contribution < 1.29 is 9.53 Å². The Morgan fingerprint density at radius 2 is 1.93 bits per heavy atom. The molecular weight excluding hydrogens is 362 g/mol. The molecule has 0 aliphatic carbocycles. The minimum Gasteiger partial charge on any atom is -0.372 e. The Morgan fingerprint density at radius 3 is 2.63 bits per heavy atom. The number of fused-ring (bicyclic) bond motifs is 1. The Bertz CT molecular complexity index is 1020. The maximum absolute atomic E-state index is 12.5. The summed E-state index contributed by atoms with van der Waals surface area (Å²) >= 11 is 5.08. The molecule has 1 amide bonds. The van der Waals surface area contributed by atoms with Crippen LogP contribution in [0.25, 0.3) is 11.0 Å². The summed E-state index contributed by atoms with van der Waals surface area (Å²) in [6, 6.07) is 9.23. The second kappa shape index (κ2) is 7.13. The summed E-state index contributed by atoms with van der Waals surface area (Å²) in [5.41, 5.74) is 2.95. The van der Waals surface area contributed by atoms with E-state index in [1.165, 1.54) is 0 Å². The van der Waals surface area contributed by atoms with Crippen LogP contribution in [-0.2, 0) is 4.74 Å². The number of ether oxygens (including phenoxy) is 1. The number of carbonyl (C=O) groups is 1. The number of morpholine rings is 1. The molecule has 3 N–H and O–H groups in total.